The van der Waals surface area contributed by atoms with E-state index in [0.717, 1.165) is 10.6 Å². The second-order valence-electron chi connectivity index (χ2n) is 7.98. The minimum atomic E-state index is -0.944. The van der Waals surface area contributed by atoms with E-state index >= 15 is 0 Å². The van der Waals surface area contributed by atoms with E-state index in [0.29, 0.717) is 6.42 Å². The van der Waals surface area contributed by atoms with Gasteiger partial charge in [0.05, 0.1) is 6.04 Å². The summed E-state index contributed by atoms with van der Waals surface area (Å²) in [7, 11) is 0. The molecule has 2 atom stereocenters. The third kappa shape index (κ3) is 7.42. The Labute approximate surface area is 186 Å². The maximum Gasteiger partial charge on any atom is 0.411 e. The van der Waals surface area contributed by atoms with Crippen LogP contribution in [0.4, 0.5) is 9.59 Å². The molecule has 1 aliphatic rings. The van der Waals surface area contributed by atoms with Crippen LogP contribution in [0.5, 0.6) is 0 Å². The molecule has 2 rings (SSSR count). The maximum absolute atomic E-state index is 12.8. The van der Waals surface area contributed by atoms with Crippen LogP contribution in [0.25, 0.3) is 0 Å². The molecule has 0 N–H and O–H groups in total. The third-order valence-electron chi connectivity index (χ3n) is 4.45. The van der Waals surface area contributed by atoms with Crippen LogP contribution >= 0.6 is 11.6 Å². The number of hydrogen-bond acceptors (Lipinski definition) is 7. The molecule has 0 spiro atoms. The molecule has 0 bridgehead atoms. The number of ether oxygens (including phenoxy) is 2. The molecule has 1 aromatic carbocycles. The van der Waals surface area contributed by atoms with Crippen LogP contribution in [0, 0.1) is 11.3 Å². The number of carbonyl (C=O) groups excluding carboxylic acids is 3. The molecule has 1 aromatic rings. The van der Waals surface area contributed by atoms with Crippen molar-refractivity contribution >= 4 is 29.0 Å². The highest BCUT2D eigenvalue weighted by Gasteiger charge is 2.42. The quantitative estimate of drug-likeness (QED) is 0.281. The number of likely N-dealkylation sites (tertiary alicyclic amines) is 1. The van der Waals surface area contributed by atoms with Gasteiger partial charge in [-0.2, -0.15) is 5.26 Å². The number of esters is 1. The molecule has 1 aliphatic heterocycles. The van der Waals surface area contributed by atoms with Crippen molar-refractivity contribution in [3.05, 3.63) is 35.9 Å². The van der Waals surface area contributed by atoms with Crippen molar-refractivity contribution < 1.29 is 28.7 Å². The molecule has 0 saturated carbocycles. The van der Waals surface area contributed by atoms with Gasteiger partial charge < -0.3 is 9.47 Å². The lowest BCUT2D eigenvalue weighted by atomic mass is 9.98. The molecule has 31 heavy (non-hydrogen) atoms. The first-order valence-electron chi connectivity index (χ1n) is 9.81. The molecule has 1 fully saturated rings. The third-order valence-corrected chi connectivity index (χ3v) is 4.62. The molecule has 10 heteroatoms. The average Bonchev–Trinajstić information content (AvgIpc) is 2.71. The van der Waals surface area contributed by atoms with Crippen molar-refractivity contribution in [3.8, 4) is 6.07 Å². The monoisotopic (exact) mass is 451 g/mol. The number of rotatable bonds is 6. The Balaban J connectivity index is 2.17. The normalized spacial score (nSPS) is 18.6. The van der Waals surface area contributed by atoms with Gasteiger partial charge in [0.1, 0.15) is 24.3 Å². The van der Waals surface area contributed by atoms with Gasteiger partial charge in [0.2, 0.25) is 0 Å². The predicted octanol–water partition coefficient (Wildman–Crippen LogP) is 3.61. The Bertz CT molecular complexity index is 821. The maximum atomic E-state index is 12.8. The van der Waals surface area contributed by atoms with E-state index in [4.69, 9.17) is 31.2 Å². The van der Waals surface area contributed by atoms with Crippen LogP contribution < -0.4 is 0 Å². The second-order valence-corrected chi connectivity index (χ2v) is 8.31. The number of hydrogen-bond donors (Lipinski definition) is 0. The van der Waals surface area contributed by atoms with Crippen molar-refractivity contribution in [2.24, 2.45) is 0 Å². The Morgan fingerprint density at radius 1 is 1.23 bits per heavy atom. The highest BCUT2D eigenvalue weighted by atomic mass is 35.5. The largest absolute Gasteiger partial charge is 0.449 e. The molecular formula is C21H26ClN3O6. The first-order valence-corrected chi connectivity index (χ1v) is 10.2. The van der Waals surface area contributed by atoms with Gasteiger partial charge in [-0.3, -0.25) is 14.5 Å². The number of nitrogens with zero attached hydrogens (tertiary/aromatic N) is 3. The number of piperidine rings is 1. The van der Waals surface area contributed by atoms with E-state index in [1.807, 2.05) is 30.3 Å². The average molecular weight is 452 g/mol. The van der Waals surface area contributed by atoms with Crippen molar-refractivity contribution in [2.45, 2.75) is 57.9 Å². The second kappa shape index (κ2) is 11.0. The molecule has 0 unspecified atom stereocenters. The summed E-state index contributed by atoms with van der Waals surface area (Å²) in [5.74, 6) is -0.709. The SMILES string of the molecule is CC(C)(C)OC(=O)N1C[C@H](N(OCc2ccccc2)C(=O)Cl)CC[C@H]1C(=O)OCC#N. The molecule has 0 aromatic heterocycles. The zero-order chi connectivity index (χ0) is 23.0. The van der Waals surface area contributed by atoms with E-state index in [9.17, 15) is 14.4 Å². The van der Waals surface area contributed by atoms with Crippen LogP contribution in [0.3, 0.4) is 0 Å². The lowest BCUT2D eigenvalue weighted by Gasteiger charge is -2.41. The molecule has 168 valence electrons. The van der Waals surface area contributed by atoms with Gasteiger partial charge in [-0.15, -0.1) is 0 Å². The van der Waals surface area contributed by atoms with Crippen molar-refractivity contribution in [3.63, 3.8) is 0 Å². The summed E-state index contributed by atoms with van der Waals surface area (Å²) in [6, 6.07) is 9.41. The van der Waals surface area contributed by atoms with Gasteiger partial charge in [0, 0.05) is 6.54 Å². The Kier molecular flexibility index (Phi) is 8.65. The molecule has 0 aliphatic carbocycles. The van der Waals surface area contributed by atoms with Crippen molar-refractivity contribution in [1.82, 2.24) is 9.96 Å². The van der Waals surface area contributed by atoms with E-state index in [1.165, 1.54) is 4.90 Å². The van der Waals surface area contributed by atoms with Crippen LogP contribution in [0.15, 0.2) is 30.3 Å². The minimum Gasteiger partial charge on any atom is -0.449 e. The van der Waals surface area contributed by atoms with Gasteiger partial charge in [0.25, 0.3) is 0 Å². The predicted molar refractivity (Wildman–Crippen MR) is 111 cm³/mol. The van der Waals surface area contributed by atoms with E-state index < -0.39 is 41.7 Å². The fourth-order valence-electron chi connectivity index (χ4n) is 3.13. The number of benzene rings is 1. The Morgan fingerprint density at radius 2 is 1.90 bits per heavy atom. The van der Waals surface area contributed by atoms with Gasteiger partial charge in [-0.1, -0.05) is 30.3 Å². The Morgan fingerprint density at radius 3 is 2.48 bits per heavy atom. The summed E-state index contributed by atoms with van der Waals surface area (Å²) in [6.07, 6.45) is -0.219. The summed E-state index contributed by atoms with van der Waals surface area (Å²) >= 11 is 5.74. The molecule has 0 radical (unpaired) electrons. The summed E-state index contributed by atoms with van der Waals surface area (Å²) in [4.78, 5) is 44.0. The molecule has 2 amide bonds. The zero-order valence-electron chi connectivity index (χ0n) is 17.7. The number of amides is 2. The number of halogens is 1. The molecule has 1 saturated heterocycles. The fraction of sp³-hybridized carbons (Fsp3) is 0.524. The summed E-state index contributed by atoms with van der Waals surface area (Å²) in [5.41, 5.74) is 0.0416. The topological polar surface area (TPSA) is 109 Å². The summed E-state index contributed by atoms with van der Waals surface area (Å²) < 4.78 is 10.3. The summed E-state index contributed by atoms with van der Waals surface area (Å²) in [5, 5.41) is 8.84. The minimum absolute atomic E-state index is 0.0471. The Hall–Kier alpha value is -2.83. The smallest absolute Gasteiger partial charge is 0.411 e. The molecule has 9 nitrogen and oxygen atoms in total. The lowest BCUT2D eigenvalue weighted by molar-refractivity contribution is -0.168. The van der Waals surface area contributed by atoms with Crippen LogP contribution in [-0.2, 0) is 25.7 Å². The standard InChI is InChI=1S/C21H26ClN3O6/c1-21(2,3)31-20(28)24-13-16(9-10-17(24)18(26)29-12-11-23)25(19(22)27)30-14-15-7-5-4-6-8-15/h4-8,16-17H,9-10,12-14H2,1-3H3/t16-,17+/m1/s1. The zero-order valence-corrected chi connectivity index (χ0v) is 18.5. The van der Waals surface area contributed by atoms with Gasteiger partial charge >= 0.3 is 17.4 Å². The molecular weight excluding hydrogens is 426 g/mol. The molecule has 1 heterocycles. The van der Waals surface area contributed by atoms with Crippen LogP contribution in [0.2, 0.25) is 0 Å². The first-order chi connectivity index (χ1) is 14.6. The van der Waals surface area contributed by atoms with E-state index in [2.05, 4.69) is 0 Å². The van der Waals surface area contributed by atoms with Gasteiger partial charge in [-0.25, -0.2) is 14.7 Å². The van der Waals surface area contributed by atoms with E-state index in [1.54, 1.807) is 26.8 Å². The van der Waals surface area contributed by atoms with Crippen LogP contribution in [-0.4, -0.2) is 58.2 Å². The van der Waals surface area contributed by atoms with Gasteiger partial charge in [0.15, 0.2) is 6.61 Å². The van der Waals surface area contributed by atoms with Crippen LogP contribution in [0.1, 0.15) is 39.2 Å². The fourth-order valence-corrected chi connectivity index (χ4v) is 3.31. The van der Waals surface area contributed by atoms with E-state index in [-0.39, 0.29) is 19.6 Å². The number of nitriles is 1. The summed E-state index contributed by atoms with van der Waals surface area (Å²) in [6.45, 7) is 4.74. The number of hydroxylamine groups is 2. The van der Waals surface area contributed by atoms with Crippen molar-refractivity contribution in [1.29, 1.82) is 5.26 Å². The van der Waals surface area contributed by atoms with Gasteiger partial charge in [-0.05, 0) is 50.8 Å². The first kappa shape index (κ1) is 24.4. The van der Waals surface area contributed by atoms with Crippen molar-refractivity contribution in [2.75, 3.05) is 13.2 Å². The lowest BCUT2D eigenvalue weighted by Crippen LogP contribution is -2.57. The highest BCUT2D eigenvalue weighted by molar-refractivity contribution is 6.62. The number of carbonyl (C=O) groups is 3. The highest BCUT2D eigenvalue weighted by Crippen LogP contribution is 2.26.